The van der Waals surface area contributed by atoms with Crippen molar-refractivity contribution in [3.8, 4) is 17.1 Å². The second kappa shape index (κ2) is 5.08. The van der Waals surface area contributed by atoms with Gasteiger partial charge >= 0.3 is 0 Å². The van der Waals surface area contributed by atoms with Gasteiger partial charge in [-0.2, -0.15) is 0 Å². The molecule has 0 aliphatic rings. The molecular weight excluding hydrogens is 268 g/mol. The minimum Gasteiger partial charge on any atom is -0.496 e. The number of aromatic nitrogens is 2. The van der Waals surface area contributed by atoms with E-state index in [2.05, 4.69) is 9.97 Å². The highest BCUT2D eigenvalue weighted by molar-refractivity contribution is 7.71. The number of H-pyrrole nitrogens is 1. The van der Waals surface area contributed by atoms with Crippen molar-refractivity contribution in [2.45, 2.75) is 13.8 Å². The van der Waals surface area contributed by atoms with Gasteiger partial charge in [-0.25, -0.2) is 4.98 Å². The highest BCUT2D eigenvalue weighted by Gasteiger charge is 2.10. The number of hydrogen-bond acceptors (Lipinski definition) is 3. The van der Waals surface area contributed by atoms with Crippen LogP contribution in [0.2, 0.25) is 5.02 Å². The Labute approximate surface area is 116 Å². The molecule has 0 atom stereocenters. The van der Waals surface area contributed by atoms with Crippen molar-refractivity contribution in [3.63, 3.8) is 0 Å². The molecule has 5 heteroatoms. The second-order valence-corrected chi connectivity index (χ2v) is 4.81. The van der Waals surface area contributed by atoms with Crippen molar-refractivity contribution < 1.29 is 4.74 Å². The normalized spacial score (nSPS) is 10.4. The van der Waals surface area contributed by atoms with Crippen LogP contribution in [0.3, 0.4) is 0 Å². The number of nitrogens with one attached hydrogen (secondary N) is 1. The lowest BCUT2D eigenvalue weighted by Crippen LogP contribution is -1.98. The van der Waals surface area contributed by atoms with Gasteiger partial charge in [0, 0.05) is 16.3 Å². The molecule has 1 N–H and O–H groups in total. The van der Waals surface area contributed by atoms with Gasteiger partial charge in [-0.15, -0.1) is 0 Å². The van der Waals surface area contributed by atoms with Crippen LogP contribution in [0.4, 0.5) is 0 Å². The molecule has 0 saturated heterocycles. The Hall–Kier alpha value is -1.39. The highest BCUT2D eigenvalue weighted by atomic mass is 35.5. The fourth-order valence-electron chi connectivity index (χ4n) is 1.63. The molecule has 2 aromatic rings. The van der Waals surface area contributed by atoms with Gasteiger partial charge in [0.15, 0.2) is 0 Å². The van der Waals surface area contributed by atoms with E-state index < -0.39 is 0 Å². The molecule has 1 aromatic carbocycles. The number of benzene rings is 1. The SMILES string of the molecule is COc1cc(Cl)ccc1-c1nc(=S)c(C)c(C)[nH]1. The summed E-state index contributed by atoms with van der Waals surface area (Å²) in [5.41, 5.74) is 2.83. The van der Waals surface area contributed by atoms with E-state index in [9.17, 15) is 0 Å². The molecule has 94 valence electrons. The summed E-state index contributed by atoms with van der Waals surface area (Å²) in [6.45, 7) is 3.92. The first-order valence-corrected chi connectivity index (χ1v) is 6.23. The Morgan fingerprint density at radius 2 is 2.06 bits per heavy atom. The van der Waals surface area contributed by atoms with E-state index >= 15 is 0 Å². The summed E-state index contributed by atoms with van der Waals surface area (Å²) in [5, 5.41) is 0.623. The number of nitrogens with zero attached hydrogens (tertiary/aromatic N) is 1. The number of halogens is 1. The van der Waals surface area contributed by atoms with E-state index in [-0.39, 0.29) is 0 Å². The Morgan fingerprint density at radius 1 is 1.33 bits per heavy atom. The summed E-state index contributed by atoms with van der Waals surface area (Å²) in [5.74, 6) is 1.36. The van der Waals surface area contributed by atoms with Gasteiger partial charge in [0.2, 0.25) is 0 Å². The summed E-state index contributed by atoms with van der Waals surface area (Å²) in [7, 11) is 1.60. The molecule has 0 aliphatic carbocycles. The third-order valence-electron chi connectivity index (χ3n) is 2.82. The Bertz CT molecular complexity index is 652. The zero-order valence-corrected chi connectivity index (χ0v) is 11.9. The summed E-state index contributed by atoms with van der Waals surface area (Å²) in [6, 6.07) is 5.42. The van der Waals surface area contributed by atoms with Gasteiger partial charge in [0.25, 0.3) is 0 Å². The standard InChI is InChI=1S/C13H13ClN2OS/c1-7-8(2)15-12(16-13(7)18)10-5-4-9(14)6-11(10)17-3/h4-6H,1-3H3,(H,15,16,18). The quantitative estimate of drug-likeness (QED) is 0.842. The molecule has 0 bridgehead atoms. The minimum atomic E-state index is 0.596. The second-order valence-electron chi connectivity index (χ2n) is 3.99. The number of rotatable bonds is 2. The lowest BCUT2D eigenvalue weighted by atomic mass is 10.1. The molecule has 0 amide bonds. The van der Waals surface area contributed by atoms with Crippen molar-refractivity contribution in [1.82, 2.24) is 9.97 Å². The summed E-state index contributed by atoms with van der Waals surface area (Å²) < 4.78 is 5.91. The summed E-state index contributed by atoms with van der Waals surface area (Å²) >= 11 is 11.2. The lowest BCUT2D eigenvalue weighted by molar-refractivity contribution is 0.416. The van der Waals surface area contributed by atoms with Gasteiger partial charge in [-0.3, -0.25) is 0 Å². The van der Waals surface area contributed by atoms with Crippen LogP contribution in [0.5, 0.6) is 5.75 Å². The Morgan fingerprint density at radius 3 is 2.67 bits per heavy atom. The van der Waals surface area contributed by atoms with Crippen LogP contribution in [0.25, 0.3) is 11.4 Å². The molecule has 0 spiro atoms. The average molecular weight is 281 g/mol. The van der Waals surface area contributed by atoms with Crippen molar-refractivity contribution in [3.05, 3.63) is 39.1 Å². The fourth-order valence-corrected chi connectivity index (χ4v) is 2.04. The number of hydrogen-bond donors (Lipinski definition) is 1. The van der Waals surface area contributed by atoms with E-state index in [0.29, 0.717) is 21.2 Å². The van der Waals surface area contributed by atoms with Gasteiger partial charge in [-0.1, -0.05) is 23.8 Å². The molecule has 0 unspecified atom stereocenters. The van der Waals surface area contributed by atoms with Gasteiger partial charge in [-0.05, 0) is 32.0 Å². The molecule has 18 heavy (non-hydrogen) atoms. The maximum absolute atomic E-state index is 5.94. The summed E-state index contributed by atoms with van der Waals surface area (Å²) in [6.07, 6.45) is 0. The van der Waals surface area contributed by atoms with E-state index in [1.807, 2.05) is 19.9 Å². The molecule has 1 heterocycles. The van der Waals surface area contributed by atoms with Gasteiger partial charge < -0.3 is 9.72 Å². The van der Waals surface area contributed by atoms with Crippen LogP contribution in [-0.2, 0) is 0 Å². The largest absolute Gasteiger partial charge is 0.496 e. The fraction of sp³-hybridized carbons (Fsp3) is 0.231. The number of ether oxygens (including phenoxy) is 1. The lowest BCUT2D eigenvalue weighted by Gasteiger charge is -2.10. The molecule has 0 fully saturated rings. The number of methoxy groups -OCH3 is 1. The van der Waals surface area contributed by atoms with Crippen molar-refractivity contribution >= 4 is 23.8 Å². The first kappa shape index (κ1) is 13.1. The number of aryl methyl sites for hydroxylation is 1. The topological polar surface area (TPSA) is 37.9 Å². The molecule has 2 rings (SSSR count). The Kier molecular flexibility index (Phi) is 3.68. The first-order chi connectivity index (χ1) is 8.52. The van der Waals surface area contributed by atoms with Crippen LogP contribution in [-0.4, -0.2) is 17.1 Å². The van der Waals surface area contributed by atoms with E-state index in [0.717, 1.165) is 16.8 Å². The van der Waals surface area contributed by atoms with Crippen LogP contribution in [0.15, 0.2) is 18.2 Å². The van der Waals surface area contributed by atoms with Crippen molar-refractivity contribution in [2.24, 2.45) is 0 Å². The van der Waals surface area contributed by atoms with Crippen LogP contribution >= 0.6 is 23.8 Å². The predicted octanol–water partition coefficient (Wildman–Crippen LogP) is 4.09. The van der Waals surface area contributed by atoms with Crippen molar-refractivity contribution in [2.75, 3.05) is 7.11 Å². The van der Waals surface area contributed by atoms with Crippen LogP contribution in [0.1, 0.15) is 11.3 Å². The van der Waals surface area contributed by atoms with E-state index in [1.165, 1.54) is 0 Å². The van der Waals surface area contributed by atoms with E-state index in [4.69, 9.17) is 28.6 Å². The van der Waals surface area contributed by atoms with Crippen molar-refractivity contribution in [1.29, 1.82) is 0 Å². The van der Waals surface area contributed by atoms with Crippen LogP contribution < -0.4 is 4.74 Å². The van der Waals surface area contributed by atoms with E-state index in [1.54, 1.807) is 19.2 Å². The average Bonchev–Trinajstić information content (AvgIpc) is 2.35. The highest BCUT2D eigenvalue weighted by Crippen LogP contribution is 2.30. The molecule has 0 radical (unpaired) electrons. The van der Waals surface area contributed by atoms with Gasteiger partial charge in [0.1, 0.15) is 16.2 Å². The zero-order valence-electron chi connectivity index (χ0n) is 10.4. The Balaban J connectivity index is 2.66. The molecular formula is C13H13ClN2OS. The van der Waals surface area contributed by atoms with Gasteiger partial charge in [0.05, 0.1) is 12.7 Å². The third-order valence-corrected chi connectivity index (χ3v) is 3.45. The molecule has 1 aromatic heterocycles. The minimum absolute atomic E-state index is 0.596. The number of aromatic amines is 1. The maximum atomic E-state index is 5.94. The maximum Gasteiger partial charge on any atom is 0.142 e. The predicted molar refractivity (Wildman–Crippen MR) is 75.9 cm³/mol. The first-order valence-electron chi connectivity index (χ1n) is 5.44. The van der Waals surface area contributed by atoms with Crippen LogP contribution in [0, 0.1) is 18.5 Å². The monoisotopic (exact) mass is 280 g/mol. The summed E-state index contributed by atoms with van der Waals surface area (Å²) in [4.78, 5) is 7.60. The molecule has 0 saturated carbocycles. The smallest absolute Gasteiger partial charge is 0.142 e. The zero-order chi connectivity index (χ0) is 13.3. The third kappa shape index (κ3) is 2.40. The molecule has 3 nitrogen and oxygen atoms in total. The molecule has 0 aliphatic heterocycles.